The number of ether oxygens (including phenoxy) is 3. The number of hydrogen-bond acceptors (Lipinski definition) is 9. The van der Waals surface area contributed by atoms with E-state index in [0.717, 1.165) is 48.7 Å². The number of sulfonamides is 1. The maximum absolute atomic E-state index is 15.2. The van der Waals surface area contributed by atoms with Crippen LogP contribution in [0, 0.1) is 18.6 Å². The number of methoxy groups -OCH3 is 1. The molecule has 5 rings (SSSR count). The van der Waals surface area contributed by atoms with Crippen molar-refractivity contribution >= 4 is 26.7 Å². The van der Waals surface area contributed by atoms with E-state index in [1.54, 1.807) is 10.7 Å². The number of hydrogen-bond donors (Lipinski definition) is 1. The van der Waals surface area contributed by atoms with Crippen molar-refractivity contribution in [3.63, 3.8) is 0 Å². The van der Waals surface area contributed by atoms with Gasteiger partial charge >= 0.3 is 0 Å². The fourth-order valence-corrected chi connectivity index (χ4v) is 5.31. The van der Waals surface area contributed by atoms with Gasteiger partial charge in [0.1, 0.15) is 23.9 Å². The van der Waals surface area contributed by atoms with Crippen molar-refractivity contribution in [3.05, 3.63) is 59.8 Å². The Labute approximate surface area is 216 Å². The quantitative estimate of drug-likeness (QED) is 0.350. The first-order chi connectivity index (χ1) is 18.3. The molecular weight excluding hydrogens is 522 g/mol. The fraction of sp³-hybridized carbons (Fsp3) is 0.333. The van der Waals surface area contributed by atoms with E-state index in [1.807, 2.05) is 6.92 Å². The molecule has 1 fully saturated rings. The van der Waals surface area contributed by atoms with Gasteiger partial charge in [0.15, 0.2) is 22.6 Å². The lowest BCUT2D eigenvalue weighted by molar-refractivity contribution is -0.0371. The highest BCUT2D eigenvalue weighted by atomic mass is 32.2. The summed E-state index contributed by atoms with van der Waals surface area (Å²) in [6.07, 6.45) is 6.27. The second-order valence-corrected chi connectivity index (χ2v) is 10.2. The highest BCUT2D eigenvalue weighted by Gasteiger charge is 2.25. The van der Waals surface area contributed by atoms with Gasteiger partial charge in [-0.1, -0.05) is 0 Å². The molecule has 1 N–H and O–H groups in total. The average molecular weight is 547 g/mol. The van der Waals surface area contributed by atoms with Gasteiger partial charge < -0.3 is 14.2 Å². The Morgan fingerprint density at radius 1 is 1.18 bits per heavy atom. The maximum atomic E-state index is 15.2. The molecule has 5 heterocycles. The summed E-state index contributed by atoms with van der Waals surface area (Å²) in [6, 6.07) is 3.61. The molecule has 1 atom stereocenters. The number of fused-ring (bicyclic) bond motifs is 1. The van der Waals surface area contributed by atoms with Gasteiger partial charge in [-0.3, -0.25) is 9.71 Å². The minimum Gasteiger partial charge on any atom is -0.486 e. The van der Waals surface area contributed by atoms with Crippen molar-refractivity contribution in [2.24, 2.45) is 0 Å². The van der Waals surface area contributed by atoms with Gasteiger partial charge in [0, 0.05) is 24.3 Å². The zero-order valence-corrected chi connectivity index (χ0v) is 21.3. The number of aryl methyl sites for hydroxylation is 1. The summed E-state index contributed by atoms with van der Waals surface area (Å²) in [5.74, 6) is -1.83. The summed E-state index contributed by atoms with van der Waals surface area (Å²) >= 11 is 0. The Kier molecular flexibility index (Phi) is 7.08. The standard InChI is InChI=1S/C24H24F2N6O5S/c1-14-17-10-16(12-28-23(17)32(30-14)21-5-3-4-8-36-21)37-13-19-22(26)18(6-7-27-19)31-38(33,34)20-9-15(25)11-29-24(20)35-2/h6-7,9-12,21H,3-5,8,13H2,1-2H3,(H,27,31). The molecule has 1 aliphatic heterocycles. The monoisotopic (exact) mass is 546 g/mol. The van der Waals surface area contributed by atoms with Crippen molar-refractivity contribution < 1.29 is 31.4 Å². The molecule has 11 nitrogen and oxygen atoms in total. The van der Waals surface area contributed by atoms with Crippen LogP contribution in [-0.4, -0.2) is 46.9 Å². The van der Waals surface area contributed by atoms with Crippen LogP contribution in [0.3, 0.4) is 0 Å². The third-order valence-corrected chi connectivity index (χ3v) is 7.34. The highest BCUT2D eigenvalue weighted by molar-refractivity contribution is 7.92. The Balaban J connectivity index is 1.34. The molecule has 0 amide bonds. The molecule has 200 valence electrons. The zero-order chi connectivity index (χ0) is 26.9. The van der Waals surface area contributed by atoms with Crippen LogP contribution in [0.4, 0.5) is 14.5 Å². The van der Waals surface area contributed by atoms with E-state index in [1.165, 1.54) is 19.5 Å². The molecule has 38 heavy (non-hydrogen) atoms. The summed E-state index contributed by atoms with van der Waals surface area (Å²) in [5, 5.41) is 5.34. The summed E-state index contributed by atoms with van der Waals surface area (Å²) < 4.78 is 74.8. The van der Waals surface area contributed by atoms with Crippen LogP contribution in [-0.2, 0) is 21.4 Å². The van der Waals surface area contributed by atoms with Gasteiger partial charge in [-0.25, -0.2) is 31.8 Å². The number of anilines is 1. The topological polar surface area (TPSA) is 130 Å². The SMILES string of the molecule is COc1ncc(F)cc1S(=O)(=O)Nc1ccnc(COc2cnc3c(c2)c(C)nn3C2CCCCO2)c1F. The van der Waals surface area contributed by atoms with E-state index >= 15 is 4.39 Å². The minimum atomic E-state index is -4.44. The summed E-state index contributed by atoms with van der Waals surface area (Å²) in [4.78, 5) is 11.5. The van der Waals surface area contributed by atoms with Crippen LogP contribution in [0.25, 0.3) is 11.0 Å². The first kappa shape index (κ1) is 25.7. The number of nitrogens with zero attached hydrogens (tertiary/aromatic N) is 5. The Morgan fingerprint density at radius 2 is 2.03 bits per heavy atom. The predicted molar refractivity (Wildman–Crippen MR) is 131 cm³/mol. The smallest absolute Gasteiger partial charge is 0.267 e. The largest absolute Gasteiger partial charge is 0.486 e. The van der Waals surface area contributed by atoms with Crippen LogP contribution in [0.2, 0.25) is 0 Å². The first-order valence-corrected chi connectivity index (χ1v) is 13.2. The second kappa shape index (κ2) is 10.5. The average Bonchev–Trinajstić information content (AvgIpc) is 3.25. The van der Waals surface area contributed by atoms with Crippen molar-refractivity contribution in [1.82, 2.24) is 24.7 Å². The Bertz CT molecular complexity index is 1590. The minimum absolute atomic E-state index is 0.155. The number of aromatic nitrogens is 5. The van der Waals surface area contributed by atoms with E-state index in [2.05, 4.69) is 24.8 Å². The molecule has 0 bridgehead atoms. The van der Waals surface area contributed by atoms with Crippen molar-refractivity contribution in [2.75, 3.05) is 18.4 Å². The number of nitrogens with one attached hydrogen (secondary N) is 1. The normalized spacial score (nSPS) is 15.9. The Hall–Kier alpha value is -3.91. The molecule has 0 aliphatic carbocycles. The van der Waals surface area contributed by atoms with E-state index in [9.17, 15) is 12.8 Å². The van der Waals surface area contributed by atoms with Crippen LogP contribution < -0.4 is 14.2 Å². The number of halogens is 2. The lowest BCUT2D eigenvalue weighted by Gasteiger charge is -2.23. The molecule has 14 heteroatoms. The third-order valence-electron chi connectivity index (χ3n) is 5.98. The highest BCUT2D eigenvalue weighted by Crippen LogP contribution is 2.30. The van der Waals surface area contributed by atoms with E-state index in [0.29, 0.717) is 18.0 Å². The molecule has 0 aromatic carbocycles. The summed E-state index contributed by atoms with van der Waals surface area (Å²) in [7, 11) is -3.25. The molecule has 1 unspecified atom stereocenters. The molecule has 4 aromatic heterocycles. The van der Waals surface area contributed by atoms with E-state index in [-0.39, 0.29) is 24.4 Å². The molecule has 1 aliphatic rings. The lowest BCUT2D eigenvalue weighted by Crippen LogP contribution is -2.19. The zero-order valence-electron chi connectivity index (χ0n) is 20.5. The van der Waals surface area contributed by atoms with Gasteiger partial charge in [-0.2, -0.15) is 5.10 Å². The number of rotatable bonds is 8. The van der Waals surface area contributed by atoms with Crippen molar-refractivity contribution in [3.8, 4) is 11.6 Å². The molecule has 0 spiro atoms. The van der Waals surface area contributed by atoms with Gasteiger partial charge in [0.2, 0.25) is 5.88 Å². The van der Waals surface area contributed by atoms with Crippen LogP contribution in [0.5, 0.6) is 11.6 Å². The van der Waals surface area contributed by atoms with Crippen LogP contribution in [0.1, 0.15) is 36.9 Å². The van der Waals surface area contributed by atoms with Crippen LogP contribution >= 0.6 is 0 Å². The summed E-state index contributed by atoms with van der Waals surface area (Å²) in [6.45, 7) is 2.22. The number of pyridine rings is 3. The second-order valence-electron chi connectivity index (χ2n) is 8.57. The molecule has 4 aromatic rings. The van der Waals surface area contributed by atoms with Crippen molar-refractivity contribution in [1.29, 1.82) is 0 Å². The van der Waals surface area contributed by atoms with Gasteiger partial charge in [-0.15, -0.1) is 0 Å². The third kappa shape index (κ3) is 5.09. The molecule has 0 saturated carbocycles. The van der Waals surface area contributed by atoms with Crippen LogP contribution in [0.15, 0.2) is 41.7 Å². The molecular formula is C24H24F2N6O5S. The van der Waals surface area contributed by atoms with Gasteiger partial charge in [-0.05, 0) is 38.3 Å². The summed E-state index contributed by atoms with van der Waals surface area (Å²) in [5.41, 5.74) is 0.848. The molecule has 1 saturated heterocycles. The Morgan fingerprint density at radius 3 is 2.79 bits per heavy atom. The first-order valence-electron chi connectivity index (χ1n) is 11.7. The van der Waals surface area contributed by atoms with E-state index in [4.69, 9.17) is 14.2 Å². The lowest BCUT2D eigenvalue weighted by atomic mass is 10.2. The fourth-order valence-electron chi connectivity index (χ4n) is 4.12. The predicted octanol–water partition coefficient (Wildman–Crippen LogP) is 3.90. The van der Waals surface area contributed by atoms with Gasteiger partial charge in [0.25, 0.3) is 10.0 Å². The van der Waals surface area contributed by atoms with Crippen molar-refractivity contribution in [2.45, 2.75) is 43.9 Å². The maximum Gasteiger partial charge on any atom is 0.267 e. The van der Waals surface area contributed by atoms with E-state index < -0.39 is 32.2 Å². The molecule has 0 radical (unpaired) electrons. The van der Waals surface area contributed by atoms with Gasteiger partial charge in [0.05, 0.1) is 30.9 Å².